The second-order valence-corrected chi connectivity index (χ2v) is 3.88. The van der Waals surface area contributed by atoms with Gasteiger partial charge >= 0.3 is 0 Å². The number of hydrogen-bond acceptors (Lipinski definition) is 4. The van der Waals surface area contributed by atoms with E-state index in [9.17, 15) is 9.90 Å². The number of nitrogens with two attached hydrogens (primary N) is 1. The minimum atomic E-state index is -0.412. The summed E-state index contributed by atoms with van der Waals surface area (Å²) in [5.41, 5.74) is 7.27. The quantitative estimate of drug-likeness (QED) is 0.555. The number of nitrogen functional groups attached to an aromatic ring is 1. The van der Waals surface area contributed by atoms with Crippen LogP contribution >= 0.6 is 0 Å². The van der Waals surface area contributed by atoms with Gasteiger partial charge in [-0.25, -0.2) is 0 Å². The molecule has 1 aromatic heterocycles. The van der Waals surface area contributed by atoms with Crippen LogP contribution in [0.1, 0.15) is 16.1 Å². The van der Waals surface area contributed by atoms with Crippen LogP contribution < -0.4 is 11.1 Å². The van der Waals surface area contributed by atoms with Crippen LogP contribution in [0.15, 0.2) is 36.5 Å². The van der Waals surface area contributed by atoms with Crippen molar-refractivity contribution in [3.05, 3.63) is 47.8 Å². The van der Waals surface area contributed by atoms with Crippen LogP contribution in [-0.2, 0) is 0 Å². The highest BCUT2D eigenvalue weighted by molar-refractivity contribution is 6.07. The number of anilines is 2. The molecule has 1 aromatic carbocycles. The lowest BCUT2D eigenvalue weighted by Gasteiger charge is -2.08. The Morgan fingerprint density at radius 2 is 2.17 bits per heavy atom. The van der Waals surface area contributed by atoms with E-state index in [1.54, 1.807) is 24.4 Å². The number of pyridine rings is 1. The maximum Gasteiger partial charge on any atom is 0.259 e. The average molecular weight is 243 g/mol. The number of para-hydroxylation sites is 1. The average Bonchev–Trinajstić information content (AvgIpc) is 2.32. The van der Waals surface area contributed by atoms with Crippen LogP contribution in [0.5, 0.6) is 5.75 Å². The second-order valence-electron chi connectivity index (χ2n) is 3.88. The number of rotatable bonds is 2. The summed E-state index contributed by atoms with van der Waals surface area (Å²) in [5.74, 6) is -0.619. The second kappa shape index (κ2) is 4.75. The molecule has 18 heavy (non-hydrogen) atoms. The number of aryl methyl sites for hydroxylation is 1. The molecule has 4 N–H and O–H groups in total. The molecule has 0 aliphatic heterocycles. The van der Waals surface area contributed by atoms with Crippen molar-refractivity contribution in [3.63, 3.8) is 0 Å². The molecule has 0 aliphatic rings. The first-order valence-corrected chi connectivity index (χ1v) is 5.39. The summed E-state index contributed by atoms with van der Waals surface area (Å²) in [6.45, 7) is 1.83. The summed E-state index contributed by atoms with van der Waals surface area (Å²) in [5, 5.41) is 12.4. The van der Waals surface area contributed by atoms with Crippen molar-refractivity contribution in [1.29, 1.82) is 0 Å². The fourth-order valence-corrected chi connectivity index (χ4v) is 1.57. The Morgan fingerprint density at radius 3 is 2.89 bits per heavy atom. The van der Waals surface area contributed by atoms with Crippen molar-refractivity contribution >= 4 is 17.3 Å². The number of nitrogens with one attached hydrogen (secondary N) is 1. The summed E-state index contributed by atoms with van der Waals surface area (Å²) in [6, 6.07) is 8.06. The Hall–Kier alpha value is -2.56. The highest BCUT2D eigenvalue weighted by Gasteiger charge is 2.12. The number of aromatic nitrogens is 1. The molecule has 92 valence electrons. The number of aromatic hydroxyl groups is 1. The number of benzene rings is 1. The fraction of sp³-hybridized carbons (Fsp3) is 0.0769. The van der Waals surface area contributed by atoms with E-state index in [0.717, 1.165) is 5.69 Å². The Labute approximate surface area is 104 Å². The molecule has 0 saturated carbocycles. The van der Waals surface area contributed by atoms with Crippen molar-refractivity contribution in [2.75, 3.05) is 11.1 Å². The number of amides is 1. The largest absolute Gasteiger partial charge is 0.505 e. The van der Waals surface area contributed by atoms with Gasteiger partial charge in [-0.1, -0.05) is 6.07 Å². The van der Waals surface area contributed by atoms with Crippen molar-refractivity contribution < 1.29 is 9.90 Å². The normalized spacial score (nSPS) is 10.1. The zero-order valence-electron chi connectivity index (χ0n) is 9.84. The van der Waals surface area contributed by atoms with Gasteiger partial charge in [-0.15, -0.1) is 0 Å². The molecular formula is C13H13N3O2. The van der Waals surface area contributed by atoms with Crippen LogP contribution in [0.3, 0.4) is 0 Å². The van der Waals surface area contributed by atoms with Gasteiger partial charge in [0.05, 0.1) is 11.3 Å². The molecule has 2 rings (SSSR count). The van der Waals surface area contributed by atoms with Crippen LogP contribution in [-0.4, -0.2) is 16.0 Å². The van der Waals surface area contributed by atoms with Crippen LogP contribution in [0.4, 0.5) is 11.4 Å². The standard InChI is InChI=1S/C13H13N3O2/c1-8-7-9(5-6-15-8)16-13(18)10-3-2-4-11(14)12(10)17/h2-7,17H,14H2,1H3,(H,15,16,18). The van der Waals surface area contributed by atoms with E-state index in [2.05, 4.69) is 10.3 Å². The topological polar surface area (TPSA) is 88.2 Å². The molecular weight excluding hydrogens is 230 g/mol. The summed E-state index contributed by atoms with van der Waals surface area (Å²) >= 11 is 0. The molecule has 1 amide bonds. The van der Waals surface area contributed by atoms with Crippen molar-refractivity contribution in [1.82, 2.24) is 4.98 Å². The Kier molecular flexibility index (Phi) is 3.14. The first kappa shape index (κ1) is 11.9. The SMILES string of the molecule is Cc1cc(NC(=O)c2cccc(N)c2O)ccn1. The lowest BCUT2D eigenvalue weighted by molar-refractivity contribution is 0.102. The number of nitrogens with zero attached hydrogens (tertiary/aromatic N) is 1. The van der Waals surface area contributed by atoms with Gasteiger partial charge in [-0.3, -0.25) is 9.78 Å². The molecule has 0 radical (unpaired) electrons. The molecule has 0 aliphatic carbocycles. The first-order chi connectivity index (χ1) is 8.58. The summed E-state index contributed by atoms with van der Waals surface area (Å²) in [7, 11) is 0. The monoisotopic (exact) mass is 243 g/mol. The minimum absolute atomic E-state index is 0.143. The van der Waals surface area contributed by atoms with E-state index in [4.69, 9.17) is 5.73 Å². The van der Waals surface area contributed by atoms with Gasteiger partial charge in [0.2, 0.25) is 0 Å². The molecule has 0 atom stereocenters. The molecule has 0 unspecified atom stereocenters. The first-order valence-electron chi connectivity index (χ1n) is 5.39. The molecule has 1 heterocycles. The van der Waals surface area contributed by atoms with Crippen LogP contribution in [0.25, 0.3) is 0 Å². The Balaban J connectivity index is 2.25. The Morgan fingerprint density at radius 1 is 1.39 bits per heavy atom. The molecule has 5 heteroatoms. The number of carbonyl (C=O) groups excluding carboxylic acids is 1. The van der Waals surface area contributed by atoms with E-state index >= 15 is 0 Å². The highest BCUT2D eigenvalue weighted by Crippen LogP contribution is 2.25. The number of phenolic OH excluding ortho intramolecular Hbond substituents is 1. The zero-order chi connectivity index (χ0) is 13.1. The van der Waals surface area contributed by atoms with E-state index in [-0.39, 0.29) is 17.0 Å². The molecule has 2 aromatic rings. The van der Waals surface area contributed by atoms with Gasteiger partial charge in [-0.2, -0.15) is 0 Å². The van der Waals surface area contributed by atoms with Crippen LogP contribution in [0, 0.1) is 6.92 Å². The van der Waals surface area contributed by atoms with Gasteiger partial charge in [0.1, 0.15) is 0 Å². The molecule has 0 saturated heterocycles. The molecule has 5 nitrogen and oxygen atoms in total. The van der Waals surface area contributed by atoms with E-state index in [1.807, 2.05) is 6.92 Å². The number of phenols is 1. The van der Waals surface area contributed by atoms with Crippen LogP contribution in [0.2, 0.25) is 0 Å². The van der Waals surface area contributed by atoms with Crippen molar-refractivity contribution in [2.45, 2.75) is 6.92 Å². The third kappa shape index (κ3) is 2.40. The predicted octanol–water partition coefficient (Wildman–Crippen LogP) is 1.93. The Bertz CT molecular complexity index is 597. The van der Waals surface area contributed by atoms with Gasteiger partial charge in [-0.05, 0) is 31.2 Å². The predicted molar refractivity (Wildman–Crippen MR) is 69.4 cm³/mol. The summed E-state index contributed by atoms with van der Waals surface area (Å²) in [4.78, 5) is 16.0. The van der Waals surface area contributed by atoms with Gasteiger partial charge in [0.15, 0.2) is 5.75 Å². The number of carbonyl (C=O) groups is 1. The smallest absolute Gasteiger partial charge is 0.259 e. The maximum atomic E-state index is 12.0. The van der Waals surface area contributed by atoms with Gasteiger partial charge < -0.3 is 16.2 Å². The van der Waals surface area contributed by atoms with E-state index < -0.39 is 5.91 Å². The third-order valence-corrected chi connectivity index (χ3v) is 2.47. The number of hydrogen-bond donors (Lipinski definition) is 3. The van der Waals surface area contributed by atoms with Crippen molar-refractivity contribution in [3.8, 4) is 5.75 Å². The minimum Gasteiger partial charge on any atom is -0.505 e. The lowest BCUT2D eigenvalue weighted by Crippen LogP contribution is -2.12. The fourth-order valence-electron chi connectivity index (χ4n) is 1.57. The summed E-state index contributed by atoms with van der Waals surface area (Å²) < 4.78 is 0. The zero-order valence-corrected chi connectivity index (χ0v) is 9.84. The van der Waals surface area contributed by atoms with E-state index in [1.165, 1.54) is 12.1 Å². The maximum absolute atomic E-state index is 12.0. The molecule has 0 fully saturated rings. The van der Waals surface area contributed by atoms with Gasteiger partial charge in [0.25, 0.3) is 5.91 Å². The third-order valence-electron chi connectivity index (χ3n) is 2.47. The molecule has 0 bridgehead atoms. The summed E-state index contributed by atoms with van der Waals surface area (Å²) in [6.07, 6.45) is 1.60. The highest BCUT2D eigenvalue weighted by atomic mass is 16.3. The molecule has 0 spiro atoms. The van der Waals surface area contributed by atoms with Gasteiger partial charge in [0, 0.05) is 17.6 Å². The van der Waals surface area contributed by atoms with Crippen molar-refractivity contribution in [2.24, 2.45) is 0 Å². The van der Waals surface area contributed by atoms with E-state index in [0.29, 0.717) is 5.69 Å². The lowest BCUT2D eigenvalue weighted by atomic mass is 10.1.